The fourth-order valence-electron chi connectivity index (χ4n) is 1.96. The van der Waals surface area contributed by atoms with Crippen LogP contribution in [-0.2, 0) is 0 Å². The molecule has 0 amide bonds. The maximum atomic E-state index is 9.09. The van der Waals surface area contributed by atoms with E-state index < -0.39 is 0 Å². The molecule has 0 aliphatic heterocycles. The molecule has 0 bridgehead atoms. The first-order valence-electron chi connectivity index (χ1n) is 8.42. The summed E-state index contributed by atoms with van der Waals surface area (Å²) in [6.07, 6.45) is 2.68. The van der Waals surface area contributed by atoms with Gasteiger partial charge in [0, 0.05) is 5.92 Å². The number of aromatic nitrogens is 1. The van der Waals surface area contributed by atoms with Gasteiger partial charge >= 0.3 is 0 Å². The second-order valence-electron chi connectivity index (χ2n) is 6.47. The van der Waals surface area contributed by atoms with Gasteiger partial charge in [0.05, 0.1) is 12.8 Å². The second kappa shape index (κ2) is 8.88. The number of nitrogens with one attached hydrogen (secondary N) is 1. The van der Waals surface area contributed by atoms with E-state index in [4.69, 9.17) is 14.4 Å². The zero-order valence-corrected chi connectivity index (χ0v) is 15.1. The van der Waals surface area contributed by atoms with Crippen molar-refractivity contribution in [2.45, 2.75) is 40.0 Å². The molecule has 0 unspecified atom stereocenters. The maximum Gasteiger partial charge on any atom is 0.252 e. The number of benzene rings is 1. The third-order valence-electron chi connectivity index (χ3n) is 3.47. The standard InChI is InChI=1S/C19H24N4O2/c1-13(2)9-10-24-16-7-5-15(6-8-16)12-21-23-19-17(11-20)22-18(25-19)14(3)4/h5-8,12-14,23H,9-10H2,1-4H3/b21-12+. The van der Waals surface area contributed by atoms with Gasteiger partial charge in [0.1, 0.15) is 11.8 Å². The molecule has 25 heavy (non-hydrogen) atoms. The van der Waals surface area contributed by atoms with Crippen LogP contribution in [0.3, 0.4) is 0 Å². The molecule has 1 heterocycles. The fourth-order valence-corrected chi connectivity index (χ4v) is 1.96. The number of oxazole rings is 1. The Morgan fingerprint density at radius 2 is 2.00 bits per heavy atom. The van der Waals surface area contributed by atoms with Gasteiger partial charge in [0.25, 0.3) is 5.88 Å². The Labute approximate surface area is 148 Å². The highest BCUT2D eigenvalue weighted by atomic mass is 16.5. The first kappa shape index (κ1) is 18.5. The summed E-state index contributed by atoms with van der Waals surface area (Å²) in [5, 5.41) is 13.2. The van der Waals surface area contributed by atoms with E-state index in [1.54, 1.807) is 6.21 Å². The van der Waals surface area contributed by atoms with E-state index in [-0.39, 0.29) is 17.5 Å². The summed E-state index contributed by atoms with van der Waals surface area (Å²) in [4.78, 5) is 4.13. The maximum absolute atomic E-state index is 9.09. The van der Waals surface area contributed by atoms with E-state index in [1.807, 2.05) is 44.2 Å². The Kier molecular flexibility index (Phi) is 6.58. The van der Waals surface area contributed by atoms with Crippen molar-refractivity contribution in [1.82, 2.24) is 4.98 Å². The fraction of sp³-hybridized carbons (Fsp3) is 0.421. The van der Waals surface area contributed by atoms with Crippen molar-refractivity contribution in [1.29, 1.82) is 5.26 Å². The van der Waals surface area contributed by atoms with Crippen LogP contribution in [0.2, 0.25) is 0 Å². The molecule has 132 valence electrons. The van der Waals surface area contributed by atoms with Crippen molar-refractivity contribution in [3.05, 3.63) is 41.4 Å². The molecule has 2 rings (SSSR count). The molecule has 1 N–H and O–H groups in total. The van der Waals surface area contributed by atoms with Gasteiger partial charge < -0.3 is 9.15 Å². The lowest BCUT2D eigenvalue weighted by molar-refractivity contribution is 0.289. The van der Waals surface area contributed by atoms with Gasteiger partial charge in [0.2, 0.25) is 11.6 Å². The first-order chi connectivity index (χ1) is 12.0. The SMILES string of the molecule is CC(C)CCOc1ccc(/C=N/Nc2oc(C(C)C)nc2C#N)cc1. The molecule has 0 saturated carbocycles. The van der Waals surface area contributed by atoms with Crippen molar-refractivity contribution >= 4 is 12.1 Å². The Bertz CT molecular complexity index is 740. The van der Waals surface area contributed by atoms with Gasteiger partial charge in [-0.05, 0) is 42.2 Å². The highest BCUT2D eigenvalue weighted by Gasteiger charge is 2.14. The molecule has 0 atom stereocenters. The summed E-state index contributed by atoms with van der Waals surface area (Å²) in [6.45, 7) is 8.96. The largest absolute Gasteiger partial charge is 0.494 e. The minimum Gasteiger partial charge on any atom is -0.494 e. The predicted molar refractivity (Wildman–Crippen MR) is 97.9 cm³/mol. The summed E-state index contributed by atoms with van der Waals surface area (Å²) >= 11 is 0. The number of nitrogens with zero attached hydrogens (tertiary/aromatic N) is 3. The average molecular weight is 340 g/mol. The van der Waals surface area contributed by atoms with Gasteiger partial charge in [-0.15, -0.1) is 0 Å². The molecular weight excluding hydrogens is 316 g/mol. The first-order valence-corrected chi connectivity index (χ1v) is 8.42. The number of anilines is 1. The van der Waals surface area contributed by atoms with E-state index in [0.29, 0.717) is 18.4 Å². The van der Waals surface area contributed by atoms with Gasteiger partial charge in [-0.25, -0.2) is 10.4 Å². The molecule has 0 radical (unpaired) electrons. The molecule has 1 aromatic carbocycles. The molecule has 6 heteroatoms. The van der Waals surface area contributed by atoms with Crippen LogP contribution < -0.4 is 10.2 Å². The minimum absolute atomic E-state index is 0.106. The summed E-state index contributed by atoms with van der Waals surface area (Å²) in [5.74, 6) is 2.35. The third kappa shape index (κ3) is 5.64. The van der Waals surface area contributed by atoms with Crippen LogP contribution >= 0.6 is 0 Å². The Balaban J connectivity index is 1.93. The van der Waals surface area contributed by atoms with Crippen molar-refractivity contribution in [2.24, 2.45) is 11.0 Å². The highest BCUT2D eigenvalue weighted by Crippen LogP contribution is 2.22. The third-order valence-corrected chi connectivity index (χ3v) is 3.47. The summed E-state index contributed by atoms with van der Waals surface area (Å²) < 4.78 is 11.2. The van der Waals surface area contributed by atoms with Crippen LogP contribution in [0.1, 0.15) is 57.2 Å². The summed E-state index contributed by atoms with van der Waals surface area (Å²) in [6, 6.07) is 9.65. The van der Waals surface area contributed by atoms with Gasteiger partial charge in [-0.2, -0.15) is 10.4 Å². The molecule has 0 fully saturated rings. The zero-order valence-electron chi connectivity index (χ0n) is 15.1. The normalized spacial score (nSPS) is 11.2. The lowest BCUT2D eigenvalue weighted by Gasteiger charge is -2.07. The second-order valence-corrected chi connectivity index (χ2v) is 6.47. The number of hydrogen-bond donors (Lipinski definition) is 1. The molecule has 0 aliphatic rings. The van der Waals surface area contributed by atoms with E-state index in [2.05, 4.69) is 29.4 Å². The predicted octanol–water partition coefficient (Wildman–Crippen LogP) is 4.54. The van der Waals surface area contributed by atoms with Crippen LogP contribution in [0.4, 0.5) is 5.88 Å². The molecule has 0 saturated heterocycles. The van der Waals surface area contributed by atoms with Gasteiger partial charge in [0.15, 0.2) is 0 Å². The Morgan fingerprint density at radius 3 is 2.60 bits per heavy atom. The molecule has 6 nitrogen and oxygen atoms in total. The molecule has 2 aromatic rings. The highest BCUT2D eigenvalue weighted by molar-refractivity contribution is 5.80. The Morgan fingerprint density at radius 1 is 1.28 bits per heavy atom. The average Bonchev–Trinajstić information content (AvgIpc) is 2.99. The van der Waals surface area contributed by atoms with Crippen LogP contribution in [0, 0.1) is 17.2 Å². The monoisotopic (exact) mass is 340 g/mol. The van der Waals surface area contributed by atoms with Crippen LogP contribution in [-0.4, -0.2) is 17.8 Å². The number of hydrogen-bond acceptors (Lipinski definition) is 6. The Hall–Kier alpha value is -2.81. The summed E-state index contributed by atoms with van der Waals surface area (Å²) in [7, 11) is 0. The topological polar surface area (TPSA) is 83.4 Å². The van der Waals surface area contributed by atoms with E-state index in [0.717, 1.165) is 17.7 Å². The molecular formula is C19H24N4O2. The van der Waals surface area contributed by atoms with E-state index >= 15 is 0 Å². The quantitative estimate of drug-likeness (QED) is 0.563. The lowest BCUT2D eigenvalue weighted by atomic mass is 10.1. The number of ether oxygens (including phenoxy) is 1. The molecule has 1 aromatic heterocycles. The van der Waals surface area contributed by atoms with Crippen molar-refractivity contribution in [3.63, 3.8) is 0 Å². The van der Waals surface area contributed by atoms with Crippen molar-refractivity contribution in [3.8, 4) is 11.8 Å². The number of rotatable bonds is 8. The van der Waals surface area contributed by atoms with E-state index in [1.165, 1.54) is 0 Å². The number of nitriles is 1. The number of hydrazone groups is 1. The lowest BCUT2D eigenvalue weighted by Crippen LogP contribution is -2.01. The molecule has 0 spiro atoms. The minimum atomic E-state index is 0.106. The van der Waals surface area contributed by atoms with E-state index in [9.17, 15) is 0 Å². The zero-order chi connectivity index (χ0) is 18.2. The van der Waals surface area contributed by atoms with Crippen LogP contribution in [0.25, 0.3) is 0 Å². The van der Waals surface area contributed by atoms with Crippen molar-refractivity contribution in [2.75, 3.05) is 12.0 Å². The van der Waals surface area contributed by atoms with Gasteiger partial charge in [-0.1, -0.05) is 27.7 Å². The summed E-state index contributed by atoms with van der Waals surface area (Å²) in [5.41, 5.74) is 3.85. The van der Waals surface area contributed by atoms with Crippen LogP contribution in [0.5, 0.6) is 5.75 Å². The van der Waals surface area contributed by atoms with Crippen molar-refractivity contribution < 1.29 is 9.15 Å². The smallest absolute Gasteiger partial charge is 0.252 e. The van der Waals surface area contributed by atoms with Crippen LogP contribution in [0.15, 0.2) is 33.8 Å². The van der Waals surface area contributed by atoms with Gasteiger partial charge in [-0.3, -0.25) is 0 Å². The molecule has 0 aliphatic carbocycles.